The van der Waals surface area contributed by atoms with Crippen LogP contribution in [0.1, 0.15) is 33.6 Å². The van der Waals surface area contributed by atoms with E-state index < -0.39 is 0 Å². The number of carbonyl (C=O) groups excluding carboxylic acids is 1. The molecule has 0 saturated carbocycles. The number of hydrazine groups is 1. The van der Waals surface area contributed by atoms with Crippen LogP contribution in [0.4, 0.5) is 5.69 Å². The summed E-state index contributed by atoms with van der Waals surface area (Å²) in [5.74, 6) is 0.0677. The monoisotopic (exact) mass is 234 g/mol. The van der Waals surface area contributed by atoms with E-state index in [0.717, 1.165) is 31.6 Å². The lowest BCUT2D eigenvalue weighted by Gasteiger charge is -2.33. The lowest BCUT2D eigenvalue weighted by molar-refractivity contribution is -0.119. The number of anilines is 1. The van der Waals surface area contributed by atoms with Crippen LogP contribution < -0.4 is 5.01 Å². The Kier molecular flexibility index (Phi) is 5.70. The van der Waals surface area contributed by atoms with Gasteiger partial charge in [-0.1, -0.05) is 32.0 Å². The molecule has 1 aromatic carbocycles. The van der Waals surface area contributed by atoms with E-state index >= 15 is 0 Å². The van der Waals surface area contributed by atoms with E-state index in [0.29, 0.717) is 0 Å². The van der Waals surface area contributed by atoms with Crippen molar-refractivity contribution in [3.63, 3.8) is 0 Å². The second-order valence-corrected chi connectivity index (χ2v) is 4.12. The molecule has 0 fully saturated rings. The Morgan fingerprint density at radius 3 is 2.00 bits per heavy atom. The minimum absolute atomic E-state index is 0.0677. The molecule has 0 aliphatic rings. The highest BCUT2D eigenvalue weighted by atomic mass is 16.2. The lowest BCUT2D eigenvalue weighted by Crippen LogP contribution is -2.46. The first-order chi connectivity index (χ1) is 8.20. The number of hydrogen-bond donors (Lipinski definition) is 0. The van der Waals surface area contributed by atoms with Gasteiger partial charge in [0.05, 0.1) is 5.69 Å². The predicted octanol–water partition coefficient (Wildman–Crippen LogP) is 3.08. The van der Waals surface area contributed by atoms with Gasteiger partial charge in [0.15, 0.2) is 0 Å². The Bertz CT molecular complexity index is 331. The molecule has 3 nitrogen and oxygen atoms in total. The molecule has 0 spiro atoms. The minimum atomic E-state index is 0.0677. The number of nitrogens with zero attached hydrogens (tertiary/aromatic N) is 2. The average molecular weight is 234 g/mol. The summed E-state index contributed by atoms with van der Waals surface area (Å²) in [6.07, 6.45) is 2.08. The second kappa shape index (κ2) is 7.07. The van der Waals surface area contributed by atoms with Gasteiger partial charge in [-0.3, -0.25) is 4.79 Å². The van der Waals surface area contributed by atoms with Crippen LogP contribution in [-0.2, 0) is 4.79 Å². The quantitative estimate of drug-likeness (QED) is 0.706. The minimum Gasteiger partial charge on any atom is -0.273 e. The van der Waals surface area contributed by atoms with Gasteiger partial charge in [0, 0.05) is 20.0 Å². The van der Waals surface area contributed by atoms with Crippen molar-refractivity contribution in [3.8, 4) is 0 Å². The molecule has 0 N–H and O–H groups in total. The van der Waals surface area contributed by atoms with Crippen LogP contribution in [0, 0.1) is 0 Å². The molecule has 1 rings (SSSR count). The maximum absolute atomic E-state index is 11.8. The number of rotatable bonds is 6. The zero-order valence-corrected chi connectivity index (χ0v) is 11.0. The molecule has 1 amide bonds. The Hall–Kier alpha value is -1.35. The zero-order valence-electron chi connectivity index (χ0n) is 11.0. The Labute approximate surface area is 104 Å². The van der Waals surface area contributed by atoms with Crippen molar-refractivity contribution in [2.24, 2.45) is 0 Å². The number of benzene rings is 1. The standard InChI is InChI=1S/C14H22N2O/c1-4-11-15(12-5-2)16(13(3)17)14-9-7-6-8-10-14/h6-10H,4-5,11-12H2,1-3H3. The Morgan fingerprint density at radius 2 is 1.59 bits per heavy atom. The van der Waals surface area contributed by atoms with Gasteiger partial charge in [-0.25, -0.2) is 10.0 Å². The molecular weight excluding hydrogens is 212 g/mol. The molecule has 3 heteroatoms. The Balaban J connectivity index is 2.94. The van der Waals surface area contributed by atoms with Crippen molar-refractivity contribution in [2.75, 3.05) is 18.1 Å². The highest BCUT2D eigenvalue weighted by Gasteiger charge is 2.18. The fourth-order valence-corrected chi connectivity index (χ4v) is 1.94. The third kappa shape index (κ3) is 3.86. The molecule has 0 aliphatic heterocycles. The fourth-order valence-electron chi connectivity index (χ4n) is 1.94. The van der Waals surface area contributed by atoms with Gasteiger partial charge in [0.25, 0.3) is 0 Å². The van der Waals surface area contributed by atoms with Gasteiger partial charge in [-0.15, -0.1) is 0 Å². The van der Waals surface area contributed by atoms with E-state index in [2.05, 4.69) is 18.9 Å². The summed E-state index contributed by atoms with van der Waals surface area (Å²) in [4.78, 5) is 11.8. The van der Waals surface area contributed by atoms with Crippen molar-refractivity contribution in [1.82, 2.24) is 5.01 Å². The van der Waals surface area contributed by atoms with Crippen LogP contribution in [0.5, 0.6) is 0 Å². The summed E-state index contributed by atoms with van der Waals surface area (Å²) >= 11 is 0. The van der Waals surface area contributed by atoms with Crippen LogP contribution >= 0.6 is 0 Å². The van der Waals surface area contributed by atoms with Gasteiger partial charge in [0.2, 0.25) is 5.91 Å². The van der Waals surface area contributed by atoms with E-state index in [-0.39, 0.29) is 5.91 Å². The number of para-hydroxylation sites is 1. The van der Waals surface area contributed by atoms with E-state index in [9.17, 15) is 4.79 Å². The van der Waals surface area contributed by atoms with Gasteiger partial charge in [0.1, 0.15) is 0 Å². The van der Waals surface area contributed by atoms with Gasteiger partial charge >= 0.3 is 0 Å². The first kappa shape index (κ1) is 13.7. The lowest BCUT2D eigenvalue weighted by atomic mass is 10.3. The smallest absolute Gasteiger partial charge is 0.238 e. The predicted molar refractivity (Wildman–Crippen MR) is 71.8 cm³/mol. The first-order valence-electron chi connectivity index (χ1n) is 6.31. The van der Waals surface area contributed by atoms with Crippen LogP contribution in [-0.4, -0.2) is 24.0 Å². The van der Waals surface area contributed by atoms with E-state index in [1.807, 2.05) is 30.3 Å². The van der Waals surface area contributed by atoms with E-state index in [4.69, 9.17) is 0 Å². The van der Waals surface area contributed by atoms with Crippen molar-refractivity contribution in [1.29, 1.82) is 0 Å². The molecule has 1 aromatic rings. The van der Waals surface area contributed by atoms with Gasteiger partial charge in [-0.2, -0.15) is 0 Å². The number of hydrogen-bond acceptors (Lipinski definition) is 2. The highest BCUT2D eigenvalue weighted by molar-refractivity contribution is 5.90. The van der Waals surface area contributed by atoms with Crippen LogP contribution in [0.2, 0.25) is 0 Å². The molecule has 0 aliphatic carbocycles. The molecule has 0 atom stereocenters. The summed E-state index contributed by atoms with van der Waals surface area (Å²) in [5.41, 5.74) is 0.946. The average Bonchev–Trinajstić information content (AvgIpc) is 2.31. The summed E-state index contributed by atoms with van der Waals surface area (Å²) in [6.45, 7) is 7.69. The molecule has 0 saturated heterocycles. The van der Waals surface area contributed by atoms with Crippen LogP contribution in [0.25, 0.3) is 0 Å². The summed E-state index contributed by atoms with van der Waals surface area (Å²) < 4.78 is 0. The normalized spacial score (nSPS) is 10.6. The largest absolute Gasteiger partial charge is 0.273 e. The topological polar surface area (TPSA) is 23.6 Å². The summed E-state index contributed by atoms with van der Waals surface area (Å²) in [6, 6.07) is 9.83. The van der Waals surface area contributed by atoms with Gasteiger partial charge in [-0.05, 0) is 25.0 Å². The van der Waals surface area contributed by atoms with Crippen molar-refractivity contribution < 1.29 is 4.79 Å². The van der Waals surface area contributed by atoms with Crippen molar-refractivity contribution in [3.05, 3.63) is 30.3 Å². The molecule has 0 radical (unpaired) electrons. The van der Waals surface area contributed by atoms with E-state index in [1.165, 1.54) is 0 Å². The fraction of sp³-hybridized carbons (Fsp3) is 0.500. The third-order valence-corrected chi connectivity index (χ3v) is 2.55. The molecule has 0 bridgehead atoms. The summed E-state index contributed by atoms with van der Waals surface area (Å²) in [7, 11) is 0. The van der Waals surface area contributed by atoms with Crippen molar-refractivity contribution >= 4 is 11.6 Å². The van der Waals surface area contributed by atoms with Gasteiger partial charge < -0.3 is 0 Å². The number of amides is 1. The molecule has 94 valence electrons. The van der Waals surface area contributed by atoms with E-state index in [1.54, 1.807) is 11.9 Å². The second-order valence-electron chi connectivity index (χ2n) is 4.12. The third-order valence-electron chi connectivity index (χ3n) is 2.55. The Morgan fingerprint density at radius 1 is 1.06 bits per heavy atom. The maximum atomic E-state index is 11.8. The SMILES string of the molecule is CCCN(CCC)N(C(C)=O)c1ccccc1. The molecule has 17 heavy (non-hydrogen) atoms. The highest BCUT2D eigenvalue weighted by Crippen LogP contribution is 2.16. The van der Waals surface area contributed by atoms with Crippen LogP contribution in [0.3, 0.4) is 0 Å². The molecule has 0 aromatic heterocycles. The van der Waals surface area contributed by atoms with Crippen LogP contribution in [0.15, 0.2) is 30.3 Å². The zero-order chi connectivity index (χ0) is 12.7. The molecular formula is C14H22N2O. The maximum Gasteiger partial charge on any atom is 0.238 e. The van der Waals surface area contributed by atoms with Crippen molar-refractivity contribution in [2.45, 2.75) is 33.6 Å². The molecule has 0 unspecified atom stereocenters. The first-order valence-corrected chi connectivity index (χ1v) is 6.31. The molecule has 0 heterocycles. The number of carbonyl (C=O) groups is 1. The summed E-state index contributed by atoms with van der Waals surface area (Å²) in [5, 5.41) is 3.91.